The number of nitrogens with zero attached hydrogens (tertiary/aromatic N) is 2. The zero-order valence-corrected chi connectivity index (χ0v) is 19.3. The first-order chi connectivity index (χ1) is 16.9. The number of benzene rings is 2. The predicted molar refractivity (Wildman–Crippen MR) is 125 cm³/mol. The first kappa shape index (κ1) is 23.7. The second kappa shape index (κ2) is 9.84. The van der Waals surface area contributed by atoms with E-state index in [0.29, 0.717) is 28.4 Å². The number of aromatic nitrogens is 1. The minimum absolute atomic E-state index is 0.0555. The van der Waals surface area contributed by atoms with Crippen LogP contribution in [0.4, 0.5) is 4.39 Å². The molecule has 2 heterocycles. The van der Waals surface area contributed by atoms with E-state index in [1.807, 2.05) is 0 Å². The van der Waals surface area contributed by atoms with E-state index >= 15 is 0 Å². The molecule has 0 bridgehead atoms. The van der Waals surface area contributed by atoms with Gasteiger partial charge in [-0.25, -0.2) is 4.39 Å². The zero-order chi connectivity index (χ0) is 25.1. The molecule has 1 fully saturated rings. The quantitative estimate of drug-likeness (QED) is 0.313. The summed E-state index contributed by atoms with van der Waals surface area (Å²) in [6.07, 6.45) is 3.19. The van der Waals surface area contributed by atoms with Crippen LogP contribution in [0.3, 0.4) is 0 Å². The number of halogens is 1. The number of ketones is 1. The summed E-state index contributed by atoms with van der Waals surface area (Å²) in [6, 6.07) is 10.7. The highest BCUT2D eigenvalue weighted by molar-refractivity contribution is 6.46. The van der Waals surface area contributed by atoms with Crippen LogP contribution in [0.15, 0.2) is 66.5 Å². The number of likely N-dealkylation sites (tertiary alicyclic amines) is 1. The Labute approximate surface area is 201 Å². The van der Waals surface area contributed by atoms with E-state index in [1.54, 1.807) is 36.7 Å². The van der Waals surface area contributed by atoms with E-state index in [1.165, 1.54) is 38.4 Å². The van der Waals surface area contributed by atoms with Gasteiger partial charge in [0.2, 0.25) is 5.75 Å². The topological polar surface area (TPSA) is 98.2 Å². The van der Waals surface area contributed by atoms with Crippen molar-refractivity contribution in [1.82, 2.24) is 9.88 Å². The van der Waals surface area contributed by atoms with Gasteiger partial charge >= 0.3 is 0 Å². The van der Waals surface area contributed by atoms with Crippen molar-refractivity contribution in [2.75, 3.05) is 21.3 Å². The number of Topliss-reactive ketones (excluding diaryl/α,β-unsaturated/α-hetero) is 1. The van der Waals surface area contributed by atoms with Gasteiger partial charge in [-0.2, -0.15) is 0 Å². The van der Waals surface area contributed by atoms with Gasteiger partial charge in [0.15, 0.2) is 11.5 Å². The molecule has 1 amide bonds. The van der Waals surface area contributed by atoms with Crippen molar-refractivity contribution in [3.8, 4) is 17.2 Å². The highest BCUT2D eigenvalue weighted by atomic mass is 19.1. The van der Waals surface area contributed by atoms with Crippen molar-refractivity contribution in [3.05, 3.63) is 89.0 Å². The highest BCUT2D eigenvalue weighted by Gasteiger charge is 2.46. The summed E-state index contributed by atoms with van der Waals surface area (Å²) in [5.41, 5.74) is 1.20. The molecule has 1 saturated heterocycles. The lowest BCUT2D eigenvalue weighted by molar-refractivity contribution is -0.140. The maximum Gasteiger partial charge on any atom is 0.295 e. The second-order valence-corrected chi connectivity index (χ2v) is 7.75. The number of rotatable bonds is 7. The van der Waals surface area contributed by atoms with E-state index in [0.717, 1.165) is 12.1 Å². The van der Waals surface area contributed by atoms with Gasteiger partial charge in [0.05, 0.1) is 32.9 Å². The minimum Gasteiger partial charge on any atom is -0.507 e. The van der Waals surface area contributed by atoms with Crippen LogP contribution in [0.5, 0.6) is 17.2 Å². The molecule has 8 nitrogen and oxygen atoms in total. The molecule has 0 spiro atoms. The molecular formula is C26H23FN2O6. The minimum atomic E-state index is -0.992. The Morgan fingerprint density at radius 3 is 2.23 bits per heavy atom. The van der Waals surface area contributed by atoms with Crippen LogP contribution in [0.2, 0.25) is 0 Å². The largest absolute Gasteiger partial charge is 0.507 e. The fourth-order valence-corrected chi connectivity index (χ4v) is 4.10. The van der Waals surface area contributed by atoms with Gasteiger partial charge in [-0.05, 0) is 53.6 Å². The van der Waals surface area contributed by atoms with Gasteiger partial charge < -0.3 is 24.2 Å². The monoisotopic (exact) mass is 478 g/mol. The molecule has 1 aliphatic rings. The van der Waals surface area contributed by atoms with Gasteiger partial charge in [0, 0.05) is 24.5 Å². The van der Waals surface area contributed by atoms with Crippen LogP contribution in [-0.4, -0.2) is 48.0 Å². The van der Waals surface area contributed by atoms with Crippen molar-refractivity contribution in [2.45, 2.75) is 12.6 Å². The van der Waals surface area contributed by atoms with Crippen LogP contribution in [0.25, 0.3) is 5.76 Å². The van der Waals surface area contributed by atoms with Gasteiger partial charge in [0.25, 0.3) is 11.7 Å². The molecule has 9 heteroatoms. The molecule has 4 rings (SSSR count). The summed E-state index contributed by atoms with van der Waals surface area (Å²) in [5.74, 6) is -1.62. The van der Waals surface area contributed by atoms with Crippen LogP contribution in [0.1, 0.15) is 22.7 Å². The molecule has 1 aliphatic heterocycles. The Balaban J connectivity index is 1.94. The number of hydrogen-bond donors (Lipinski definition) is 1. The Bertz CT molecular complexity index is 1270. The Morgan fingerprint density at radius 1 is 1.03 bits per heavy atom. The predicted octanol–water partition coefficient (Wildman–Crippen LogP) is 3.87. The number of carbonyl (C=O) groups excluding carboxylic acids is 2. The van der Waals surface area contributed by atoms with Crippen LogP contribution < -0.4 is 14.2 Å². The Hall–Kier alpha value is -4.40. The molecule has 1 unspecified atom stereocenters. The van der Waals surface area contributed by atoms with Gasteiger partial charge in [-0.3, -0.25) is 14.6 Å². The number of pyridine rings is 1. The third-order valence-electron chi connectivity index (χ3n) is 5.74. The number of aliphatic hydroxyl groups is 1. The first-order valence-corrected chi connectivity index (χ1v) is 10.6. The number of ether oxygens (including phenoxy) is 3. The SMILES string of the molecule is COc1cc(C2/C(=C(/O)c3ccc(F)cc3)C(=O)C(=O)N2Cc2cccnc2)cc(OC)c1OC. The number of amides is 1. The fraction of sp³-hybridized carbons (Fsp3) is 0.192. The van der Waals surface area contributed by atoms with Gasteiger partial charge in [-0.1, -0.05) is 6.07 Å². The van der Waals surface area contributed by atoms with E-state index in [4.69, 9.17) is 14.2 Å². The lowest BCUT2D eigenvalue weighted by Gasteiger charge is -2.26. The van der Waals surface area contributed by atoms with Gasteiger partial charge in [-0.15, -0.1) is 0 Å². The van der Waals surface area contributed by atoms with E-state index in [2.05, 4.69) is 4.98 Å². The van der Waals surface area contributed by atoms with E-state index in [9.17, 15) is 19.1 Å². The molecule has 0 saturated carbocycles. The van der Waals surface area contributed by atoms with Crippen molar-refractivity contribution >= 4 is 17.4 Å². The fourth-order valence-electron chi connectivity index (χ4n) is 4.10. The van der Waals surface area contributed by atoms with Crippen LogP contribution >= 0.6 is 0 Å². The molecule has 3 aromatic rings. The summed E-state index contributed by atoms with van der Waals surface area (Å²) < 4.78 is 29.8. The summed E-state index contributed by atoms with van der Waals surface area (Å²) in [7, 11) is 4.36. The molecule has 35 heavy (non-hydrogen) atoms. The molecular weight excluding hydrogens is 455 g/mol. The Kier molecular flexibility index (Phi) is 6.68. The smallest absolute Gasteiger partial charge is 0.295 e. The van der Waals surface area contributed by atoms with Crippen LogP contribution in [-0.2, 0) is 16.1 Å². The Morgan fingerprint density at radius 2 is 1.69 bits per heavy atom. The lowest BCUT2D eigenvalue weighted by atomic mass is 9.94. The second-order valence-electron chi connectivity index (χ2n) is 7.75. The molecule has 1 atom stereocenters. The zero-order valence-electron chi connectivity index (χ0n) is 19.3. The molecule has 0 radical (unpaired) electrons. The summed E-state index contributed by atoms with van der Waals surface area (Å²) >= 11 is 0. The van der Waals surface area contributed by atoms with E-state index < -0.39 is 29.3 Å². The molecule has 180 valence electrons. The maximum absolute atomic E-state index is 13.5. The third-order valence-corrected chi connectivity index (χ3v) is 5.74. The number of methoxy groups -OCH3 is 3. The van der Waals surface area contributed by atoms with Crippen molar-refractivity contribution in [2.24, 2.45) is 0 Å². The summed E-state index contributed by atoms with van der Waals surface area (Å²) in [5, 5.41) is 11.1. The van der Waals surface area contributed by atoms with E-state index in [-0.39, 0.29) is 17.7 Å². The average molecular weight is 478 g/mol. The summed E-state index contributed by atoms with van der Waals surface area (Å²) in [6.45, 7) is 0.0555. The number of hydrogen-bond acceptors (Lipinski definition) is 7. The van der Waals surface area contributed by atoms with Crippen molar-refractivity contribution < 1.29 is 33.3 Å². The lowest BCUT2D eigenvalue weighted by Crippen LogP contribution is -2.29. The number of carbonyl (C=O) groups is 2. The molecule has 0 aliphatic carbocycles. The summed E-state index contributed by atoms with van der Waals surface area (Å²) in [4.78, 5) is 31.8. The van der Waals surface area contributed by atoms with Crippen molar-refractivity contribution in [3.63, 3.8) is 0 Å². The highest BCUT2D eigenvalue weighted by Crippen LogP contribution is 2.46. The van der Waals surface area contributed by atoms with Crippen molar-refractivity contribution in [1.29, 1.82) is 0 Å². The van der Waals surface area contributed by atoms with Crippen LogP contribution in [0, 0.1) is 5.82 Å². The third kappa shape index (κ3) is 4.40. The number of aliphatic hydroxyl groups excluding tert-OH is 1. The standard InChI is InChI=1S/C26H23FN2O6/c1-33-19-11-17(12-20(34-2)25(19)35-3)22-21(23(30)16-6-8-18(27)9-7-16)24(31)26(32)29(22)14-15-5-4-10-28-13-15/h4-13,22,30H,14H2,1-3H3/b23-21-. The average Bonchev–Trinajstić information content (AvgIpc) is 3.13. The first-order valence-electron chi connectivity index (χ1n) is 10.6. The molecule has 2 aromatic carbocycles. The maximum atomic E-state index is 13.5. The molecule has 1 aromatic heterocycles. The molecule has 1 N–H and O–H groups in total. The van der Waals surface area contributed by atoms with Gasteiger partial charge in [0.1, 0.15) is 11.6 Å². The normalized spacial score (nSPS) is 16.9.